The van der Waals surface area contributed by atoms with Gasteiger partial charge in [0.05, 0.1) is 12.2 Å². The van der Waals surface area contributed by atoms with Crippen molar-refractivity contribution in [3.05, 3.63) is 47.3 Å². The molecule has 0 aliphatic rings. The van der Waals surface area contributed by atoms with E-state index in [1.165, 1.54) is 0 Å². The quantitative estimate of drug-likeness (QED) is 0.774. The number of nitrogens with zero attached hydrogens (tertiary/aromatic N) is 3. The molecule has 0 aliphatic carbocycles. The third-order valence-electron chi connectivity index (χ3n) is 2.54. The lowest BCUT2D eigenvalue weighted by atomic mass is 10.1. The van der Waals surface area contributed by atoms with Crippen molar-refractivity contribution >= 4 is 5.91 Å². The summed E-state index contributed by atoms with van der Waals surface area (Å²) in [5.74, 6) is -0.437. The zero-order valence-electron chi connectivity index (χ0n) is 9.78. The van der Waals surface area contributed by atoms with Gasteiger partial charge in [0.25, 0.3) is 0 Å². The molecule has 0 saturated carbocycles. The second kappa shape index (κ2) is 5.42. The molecule has 0 atom stereocenters. The van der Waals surface area contributed by atoms with Crippen LogP contribution in [0.4, 0.5) is 0 Å². The van der Waals surface area contributed by atoms with Crippen molar-refractivity contribution in [2.75, 3.05) is 6.61 Å². The molecule has 0 spiro atoms. The topological polar surface area (TPSA) is 94.0 Å². The summed E-state index contributed by atoms with van der Waals surface area (Å²) in [7, 11) is 0. The van der Waals surface area contributed by atoms with Gasteiger partial charge >= 0.3 is 0 Å². The summed E-state index contributed by atoms with van der Waals surface area (Å²) in [5.41, 5.74) is 7.40. The van der Waals surface area contributed by atoms with E-state index in [9.17, 15) is 4.79 Å². The Balaban J connectivity index is 2.06. The molecule has 18 heavy (non-hydrogen) atoms. The molecule has 2 aromatic rings. The summed E-state index contributed by atoms with van der Waals surface area (Å²) in [6.45, 7) is 0.628. The van der Waals surface area contributed by atoms with Gasteiger partial charge in [-0.25, -0.2) is 4.68 Å². The van der Waals surface area contributed by atoms with Crippen LogP contribution in [0.2, 0.25) is 0 Å². The van der Waals surface area contributed by atoms with E-state index in [4.69, 9.17) is 10.8 Å². The van der Waals surface area contributed by atoms with Gasteiger partial charge in [-0.2, -0.15) is 0 Å². The van der Waals surface area contributed by atoms with Crippen LogP contribution in [0.1, 0.15) is 21.6 Å². The number of amides is 1. The van der Waals surface area contributed by atoms with Crippen LogP contribution in [0.5, 0.6) is 0 Å². The van der Waals surface area contributed by atoms with E-state index in [0.717, 1.165) is 11.3 Å². The Labute approximate surface area is 104 Å². The minimum absolute atomic E-state index is 0.0615. The first-order chi connectivity index (χ1) is 8.69. The average molecular weight is 246 g/mol. The molecule has 2 rings (SSSR count). The fraction of sp³-hybridized carbons (Fsp3) is 0.250. The number of benzene rings is 1. The van der Waals surface area contributed by atoms with Gasteiger partial charge < -0.3 is 10.8 Å². The normalized spacial score (nSPS) is 10.5. The monoisotopic (exact) mass is 246 g/mol. The number of aliphatic hydroxyl groups is 1. The van der Waals surface area contributed by atoms with Crippen molar-refractivity contribution in [3.63, 3.8) is 0 Å². The third-order valence-corrected chi connectivity index (χ3v) is 2.54. The van der Waals surface area contributed by atoms with Gasteiger partial charge in [-0.1, -0.05) is 17.3 Å². The summed E-state index contributed by atoms with van der Waals surface area (Å²) in [4.78, 5) is 10.9. The molecule has 3 N–H and O–H groups in total. The lowest BCUT2D eigenvalue weighted by Crippen LogP contribution is -2.10. The zero-order chi connectivity index (χ0) is 13.0. The molecule has 6 heteroatoms. The molecule has 0 bridgehead atoms. The van der Waals surface area contributed by atoms with Gasteiger partial charge in [-0.05, 0) is 17.7 Å². The maximum absolute atomic E-state index is 10.9. The highest BCUT2D eigenvalue weighted by Gasteiger charge is 2.03. The van der Waals surface area contributed by atoms with E-state index >= 15 is 0 Å². The van der Waals surface area contributed by atoms with Crippen LogP contribution in [0.3, 0.4) is 0 Å². The Bertz CT molecular complexity index is 533. The van der Waals surface area contributed by atoms with Crippen LogP contribution in [0, 0.1) is 0 Å². The highest BCUT2D eigenvalue weighted by molar-refractivity contribution is 5.92. The Morgan fingerprint density at radius 3 is 2.67 bits per heavy atom. The average Bonchev–Trinajstić information content (AvgIpc) is 2.78. The lowest BCUT2D eigenvalue weighted by molar-refractivity contribution is 0.100. The summed E-state index contributed by atoms with van der Waals surface area (Å²) in [6, 6.07) is 7.02. The standard InChI is InChI=1S/C12H14N4O2/c13-12(18)10-3-1-9(2-4-10)7-16-8-11(5-6-17)14-15-16/h1-4,8,17H,5-7H2,(H2,13,18). The van der Waals surface area contributed by atoms with Crippen molar-refractivity contribution in [2.45, 2.75) is 13.0 Å². The van der Waals surface area contributed by atoms with Gasteiger partial charge in [0.2, 0.25) is 5.91 Å². The largest absolute Gasteiger partial charge is 0.396 e. The van der Waals surface area contributed by atoms with E-state index in [0.29, 0.717) is 18.5 Å². The molecule has 1 aromatic heterocycles. The van der Waals surface area contributed by atoms with E-state index < -0.39 is 5.91 Å². The maximum atomic E-state index is 10.9. The number of primary amides is 1. The summed E-state index contributed by atoms with van der Waals surface area (Å²) in [5, 5.41) is 16.7. The van der Waals surface area contributed by atoms with Crippen molar-refractivity contribution in [1.82, 2.24) is 15.0 Å². The summed E-state index contributed by atoms with van der Waals surface area (Å²) >= 11 is 0. The molecule has 0 unspecified atom stereocenters. The number of carbonyl (C=O) groups is 1. The second-order valence-corrected chi connectivity index (χ2v) is 3.94. The van der Waals surface area contributed by atoms with Gasteiger partial charge in [0, 0.05) is 24.8 Å². The van der Waals surface area contributed by atoms with E-state index in [1.54, 1.807) is 23.0 Å². The van der Waals surface area contributed by atoms with Crippen LogP contribution in [-0.2, 0) is 13.0 Å². The van der Waals surface area contributed by atoms with Crippen LogP contribution in [0.15, 0.2) is 30.5 Å². The number of carbonyl (C=O) groups excluding carboxylic acids is 1. The second-order valence-electron chi connectivity index (χ2n) is 3.94. The summed E-state index contributed by atoms with van der Waals surface area (Å²) in [6.07, 6.45) is 2.29. The van der Waals surface area contributed by atoms with Gasteiger partial charge in [-0.15, -0.1) is 5.10 Å². The molecule has 0 saturated heterocycles. The van der Waals surface area contributed by atoms with E-state index in [1.807, 2.05) is 12.1 Å². The number of nitrogens with two attached hydrogens (primary N) is 1. The molecule has 1 heterocycles. The first-order valence-electron chi connectivity index (χ1n) is 5.57. The predicted octanol–water partition coefficient (Wildman–Crippen LogP) is -0.0399. The zero-order valence-corrected chi connectivity index (χ0v) is 9.78. The molecular weight excluding hydrogens is 232 g/mol. The number of aliphatic hydroxyl groups excluding tert-OH is 1. The Morgan fingerprint density at radius 1 is 1.33 bits per heavy atom. The third kappa shape index (κ3) is 2.92. The van der Waals surface area contributed by atoms with Crippen LogP contribution in [-0.4, -0.2) is 32.6 Å². The van der Waals surface area contributed by atoms with Crippen molar-refractivity contribution in [2.24, 2.45) is 5.73 Å². The molecule has 1 amide bonds. The number of hydrogen-bond acceptors (Lipinski definition) is 4. The predicted molar refractivity (Wildman–Crippen MR) is 64.9 cm³/mol. The van der Waals surface area contributed by atoms with Crippen LogP contribution >= 0.6 is 0 Å². The fourth-order valence-corrected chi connectivity index (χ4v) is 1.61. The minimum Gasteiger partial charge on any atom is -0.396 e. The van der Waals surface area contributed by atoms with Crippen molar-refractivity contribution in [3.8, 4) is 0 Å². The Kier molecular flexibility index (Phi) is 3.69. The highest BCUT2D eigenvalue weighted by atomic mass is 16.3. The molecule has 0 fully saturated rings. The van der Waals surface area contributed by atoms with Crippen molar-refractivity contribution in [1.29, 1.82) is 0 Å². The lowest BCUT2D eigenvalue weighted by Gasteiger charge is -2.01. The number of rotatable bonds is 5. The number of aromatic nitrogens is 3. The first-order valence-corrected chi connectivity index (χ1v) is 5.57. The fourth-order valence-electron chi connectivity index (χ4n) is 1.61. The highest BCUT2D eigenvalue weighted by Crippen LogP contribution is 2.06. The van der Waals surface area contributed by atoms with Gasteiger partial charge in [0.1, 0.15) is 0 Å². The van der Waals surface area contributed by atoms with E-state index in [-0.39, 0.29) is 6.61 Å². The molecule has 0 radical (unpaired) electrons. The first kappa shape index (κ1) is 12.3. The minimum atomic E-state index is -0.437. The van der Waals surface area contributed by atoms with Crippen LogP contribution < -0.4 is 5.73 Å². The Hall–Kier alpha value is -2.21. The SMILES string of the molecule is NC(=O)c1ccc(Cn2cc(CCO)nn2)cc1. The van der Waals surface area contributed by atoms with Crippen molar-refractivity contribution < 1.29 is 9.90 Å². The molecular formula is C12H14N4O2. The van der Waals surface area contributed by atoms with Gasteiger partial charge in [0.15, 0.2) is 0 Å². The molecule has 0 aliphatic heterocycles. The summed E-state index contributed by atoms with van der Waals surface area (Å²) < 4.78 is 1.68. The smallest absolute Gasteiger partial charge is 0.248 e. The number of hydrogen-bond donors (Lipinski definition) is 2. The van der Waals surface area contributed by atoms with E-state index in [2.05, 4.69) is 10.3 Å². The van der Waals surface area contributed by atoms with Crippen LogP contribution in [0.25, 0.3) is 0 Å². The molecule has 1 aromatic carbocycles. The molecule has 6 nitrogen and oxygen atoms in total. The Morgan fingerprint density at radius 2 is 2.06 bits per heavy atom. The van der Waals surface area contributed by atoms with Gasteiger partial charge in [-0.3, -0.25) is 4.79 Å². The maximum Gasteiger partial charge on any atom is 0.248 e. The molecule has 94 valence electrons.